The second-order valence-corrected chi connectivity index (χ2v) is 7.60. The summed E-state index contributed by atoms with van der Waals surface area (Å²) in [6.07, 6.45) is -10.2. The van der Waals surface area contributed by atoms with Crippen LogP contribution in [0.15, 0.2) is 45.4 Å². The zero-order chi connectivity index (χ0) is 23.0. The van der Waals surface area contributed by atoms with Crippen molar-refractivity contribution < 1.29 is 45.0 Å². The van der Waals surface area contributed by atoms with Crippen LogP contribution >= 0.6 is 31.9 Å². The van der Waals surface area contributed by atoms with Crippen LogP contribution in [0.1, 0.15) is 33.0 Å². The van der Waals surface area contributed by atoms with Crippen molar-refractivity contribution in [2.45, 2.75) is 18.3 Å². The minimum Gasteiger partial charge on any atom is -0.478 e. The Hall–Kier alpha value is -1.95. The maximum Gasteiger partial charge on any atom is 0.417 e. The summed E-state index contributed by atoms with van der Waals surface area (Å²) in [7, 11) is 0. The van der Waals surface area contributed by atoms with Gasteiger partial charge in [0.15, 0.2) is 5.82 Å². The number of benzene rings is 2. The molecule has 1 unspecified atom stereocenters. The van der Waals surface area contributed by atoms with E-state index in [1.165, 1.54) is 0 Å². The monoisotopic (exact) mass is 566 g/mol. The number of hydrogen-bond acceptors (Lipinski definition) is 1. The molecule has 1 N–H and O–H groups in total. The Morgan fingerprint density at radius 3 is 1.97 bits per heavy atom. The first-order chi connectivity index (χ1) is 13.6. The van der Waals surface area contributed by atoms with Gasteiger partial charge in [0.2, 0.25) is 0 Å². The lowest BCUT2D eigenvalue weighted by Gasteiger charge is -2.19. The summed E-state index contributed by atoms with van der Waals surface area (Å²) in [5.41, 5.74) is -4.39. The molecule has 0 aliphatic heterocycles. The Labute approximate surface area is 180 Å². The molecule has 2 rings (SSSR count). The van der Waals surface area contributed by atoms with E-state index >= 15 is 0 Å². The fourth-order valence-corrected chi connectivity index (χ4v) is 3.71. The molecule has 0 heterocycles. The molecule has 0 aromatic heterocycles. The predicted octanol–water partition coefficient (Wildman–Crippen LogP) is 7.72. The summed E-state index contributed by atoms with van der Waals surface area (Å²) in [4.78, 5) is 10.9. The summed E-state index contributed by atoms with van der Waals surface area (Å²) in [5, 5.41) is 8.84. The highest BCUT2D eigenvalue weighted by atomic mass is 79.9. The Balaban J connectivity index is 2.62. The largest absolute Gasteiger partial charge is 0.478 e. The van der Waals surface area contributed by atoms with Gasteiger partial charge in [-0.25, -0.2) is 13.6 Å². The Morgan fingerprint density at radius 1 is 1.00 bits per heavy atom. The normalized spacial score (nSPS) is 14.0. The lowest BCUT2D eigenvalue weighted by atomic mass is 9.95. The van der Waals surface area contributed by atoms with Crippen LogP contribution in [0.2, 0.25) is 0 Å². The molecule has 0 saturated carbocycles. The highest BCUT2D eigenvalue weighted by Gasteiger charge is 2.41. The van der Waals surface area contributed by atoms with Gasteiger partial charge in [-0.15, -0.1) is 0 Å². The van der Waals surface area contributed by atoms with Gasteiger partial charge in [0.25, 0.3) is 0 Å². The standard InChI is InChI=1S/C18H8Br2F8O2/c19-12-4-8(5-13(20)15(12)22)10(17(23,24)25)6-14(21)7-1-2-9(16(29)30)11(3-7)18(26,27)28/h1-6,10H,(H,29,30). The van der Waals surface area contributed by atoms with Gasteiger partial charge in [0.05, 0.1) is 20.1 Å². The molecule has 0 aliphatic rings. The molecule has 2 aromatic carbocycles. The molecule has 0 bridgehead atoms. The van der Waals surface area contributed by atoms with Gasteiger partial charge in [-0.05, 0) is 67.8 Å². The lowest BCUT2D eigenvalue weighted by Crippen LogP contribution is -2.19. The third kappa shape index (κ3) is 5.39. The van der Waals surface area contributed by atoms with Crippen LogP contribution in [0.5, 0.6) is 0 Å². The number of allylic oxidation sites excluding steroid dienone is 1. The highest BCUT2D eigenvalue weighted by Crippen LogP contribution is 2.41. The fraction of sp³-hybridized carbons (Fsp3) is 0.167. The van der Waals surface area contributed by atoms with Crippen LogP contribution in [0.25, 0.3) is 5.83 Å². The number of carboxylic acids is 1. The van der Waals surface area contributed by atoms with Gasteiger partial charge >= 0.3 is 18.3 Å². The van der Waals surface area contributed by atoms with Crippen molar-refractivity contribution in [3.05, 3.63) is 73.4 Å². The van der Waals surface area contributed by atoms with Crippen LogP contribution in [0.4, 0.5) is 35.1 Å². The first-order valence-electron chi connectivity index (χ1n) is 7.66. The van der Waals surface area contributed by atoms with Gasteiger partial charge in [0, 0.05) is 5.56 Å². The maximum atomic E-state index is 14.5. The number of carboxylic acid groups (broad SMARTS) is 1. The van der Waals surface area contributed by atoms with Crippen molar-refractivity contribution in [1.82, 2.24) is 0 Å². The van der Waals surface area contributed by atoms with Crippen LogP contribution < -0.4 is 0 Å². The van der Waals surface area contributed by atoms with Gasteiger partial charge < -0.3 is 5.11 Å². The van der Waals surface area contributed by atoms with Gasteiger partial charge in [0.1, 0.15) is 11.7 Å². The Morgan fingerprint density at radius 2 is 1.53 bits per heavy atom. The summed E-state index contributed by atoms with van der Waals surface area (Å²) in [5.74, 6) is -7.13. The number of rotatable bonds is 4. The maximum absolute atomic E-state index is 14.5. The molecule has 2 aromatic rings. The van der Waals surface area contributed by atoms with E-state index in [1.54, 1.807) is 0 Å². The van der Waals surface area contributed by atoms with Crippen molar-refractivity contribution in [3.63, 3.8) is 0 Å². The first-order valence-corrected chi connectivity index (χ1v) is 9.25. The van der Waals surface area contributed by atoms with Crippen molar-refractivity contribution in [1.29, 1.82) is 0 Å². The molecule has 30 heavy (non-hydrogen) atoms. The summed E-state index contributed by atoms with van der Waals surface area (Å²) < 4.78 is 107. The number of carbonyl (C=O) groups is 1. The third-order valence-corrected chi connectivity index (χ3v) is 5.02. The molecule has 0 saturated heterocycles. The van der Waals surface area contributed by atoms with Crippen LogP contribution in [0.3, 0.4) is 0 Å². The average molecular weight is 568 g/mol. The molecule has 0 spiro atoms. The molecule has 162 valence electrons. The van der Waals surface area contributed by atoms with Crippen molar-refractivity contribution in [2.24, 2.45) is 0 Å². The lowest BCUT2D eigenvalue weighted by molar-refractivity contribution is -0.140. The second-order valence-electron chi connectivity index (χ2n) is 5.90. The van der Waals surface area contributed by atoms with Crippen molar-refractivity contribution in [3.8, 4) is 0 Å². The molecule has 0 aliphatic carbocycles. The van der Waals surface area contributed by atoms with E-state index in [2.05, 4.69) is 31.9 Å². The fourth-order valence-electron chi connectivity index (χ4n) is 2.49. The molecule has 2 nitrogen and oxygen atoms in total. The van der Waals surface area contributed by atoms with E-state index in [0.29, 0.717) is 12.1 Å². The number of halogens is 10. The quantitative estimate of drug-likeness (QED) is 0.303. The van der Waals surface area contributed by atoms with E-state index in [-0.39, 0.29) is 21.1 Å². The zero-order valence-electron chi connectivity index (χ0n) is 14.2. The van der Waals surface area contributed by atoms with Gasteiger partial charge in [-0.3, -0.25) is 0 Å². The van der Waals surface area contributed by atoms with E-state index in [9.17, 15) is 39.9 Å². The second kappa shape index (κ2) is 8.66. The highest BCUT2D eigenvalue weighted by molar-refractivity contribution is 9.11. The van der Waals surface area contributed by atoms with E-state index < -0.39 is 58.1 Å². The van der Waals surface area contributed by atoms with E-state index in [4.69, 9.17) is 5.11 Å². The van der Waals surface area contributed by atoms with Crippen molar-refractivity contribution >= 4 is 43.7 Å². The van der Waals surface area contributed by atoms with E-state index in [1.807, 2.05) is 0 Å². The molecule has 0 fully saturated rings. The van der Waals surface area contributed by atoms with Crippen LogP contribution in [0, 0.1) is 5.82 Å². The first kappa shape index (κ1) is 24.3. The summed E-state index contributed by atoms with van der Waals surface area (Å²) in [6.45, 7) is 0. The van der Waals surface area contributed by atoms with Gasteiger partial charge in [-0.1, -0.05) is 6.07 Å². The summed E-state index contributed by atoms with van der Waals surface area (Å²) in [6, 6.07) is 2.70. The molecular weight excluding hydrogens is 560 g/mol. The number of hydrogen-bond donors (Lipinski definition) is 1. The van der Waals surface area contributed by atoms with Gasteiger partial charge in [-0.2, -0.15) is 26.3 Å². The minimum absolute atomic E-state index is 0.0298. The molecule has 1 atom stereocenters. The summed E-state index contributed by atoms with van der Waals surface area (Å²) >= 11 is 5.46. The third-order valence-electron chi connectivity index (χ3n) is 3.86. The molecular formula is C18H8Br2F8O2. The molecule has 12 heteroatoms. The predicted molar refractivity (Wildman–Crippen MR) is 98.1 cm³/mol. The van der Waals surface area contributed by atoms with Crippen molar-refractivity contribution in [2.75, 3.05) is 0 Å². The number of aromatic carboxylic acids is 1. The van der Waals surface area contributed by atoms with Crippen LogP contribution in [-0.4, -0.2) is 17.3 Å². The minimum atomic E-state index is -5.18. The van der Waals surface area contributed by atoms with Crippen LogP contribution in [-0.2, 0) is 6.18 Å². The Kier molecular flexibility index (Phi) is 7.02. The number of alkyl halides is 6. The Bertz CT molecular complexity index is 989. The smallest absolute Gasteiger partial charge is 0.417 e. The topological polar surface area (TPSA) is 37.3 Å². The average Bonchev–Trinajstić information content (AvgIpc) is 2.61. The zero-order valence-corrected chi connectivity index (χ0v) is 17.3. The molecule has 0 radical (unpaired) electrons. The van der Waals surface area contributed by atoms with E-state index in [0.717, 1.165) is 12.1 Å². The molecule has 0 amide bonds. The SMILES string of the molecule is O=C(O)c1ccc(C(F)=CC(c2cc(Br)c(F)c(Br)c2)C(F)(F)F)cc1C(F)(F)F.